The van der Waals surface area contributed by atoms with Crippen molar-refractivity contribution < 1.29 is 19.2 Å². The molecule has 31 heavy (non-hydrogen) atoms. The van der Waals surface area contributed by atoms with E-state index in [4.69, 9.17) is 9.57 Å². The third-order valence-electron chi connectivity index (χ3n) is 5.91. The number of likely N-dealkylation sites (tertiary alicyclic amines) is 1. The topological polar surface area (TPSA) is 59.1 Å². The SMILES string of the molecule is COC(=O)C1(N(OCc2ccccc2)C(C)=O)CCN(CCCc2ccccc2)CC1. The highest BCUT2D eigenvalue weighted by Crippen LogP contribution is 2.32. The van der Waals surface area contributed by atoms with E-state index >= 15 is 0 Å². The van der Waals surface area contributed by atoms with Crippen molar-refractivity contribution in [1.82, 2.24) is 9.96 Å². The number of methoxy groups -OCH3 is 1. The van der Waals surface area contributed by atoms with Crippen LogP contribution in [0.2, 0.25) is 0 Å². The smallest absolute Gasteiger partial charge is 0.334 e. The predicted octanol–water partition coefficient (Wildman–Crippen LogP) is 3.61. The molecule has 2 aromatic carbocycles. The van der Waals surface area contributed by atoms with Crippen LogP contribution in [0.25, 0.3) is 0 Å². The predicted molar refractivity (Wildman–Crippen MR) is 119 cm³/mol. The minimum atomic E-state index is -1.09. The second-order valence-electron chi connectivity index (χ2n) is 8.03. The summed E-state index contributed by atoms with van der Waals surface area (Å²) < 4.78 is 5.12. The van der Waals surface area contributed by atoms with Gasteiger partial charge in [0.15, 0.2) is 5.54 Å². The number of amides is 1. The molecule has 0 unspecified atom stereocenters. The average molecular weight is 425 g/mol. The molecule has 1 aliphatic heterocycles. The fourth-order valence-electron chi connectivity index (χ4n) is 4.21. The largest absolute Gasteiger partial charge is 0.467 e. The number of esters is 1. The van der Waals surface area contributed by atoms with Crippen LogP contribution in [0.3, 0.4) is 0 Å². The molecule has 0 N–H and O–H groups in total. The van der Waals surface area contributed by atoms with Crippen molar-refractivity contribution in [2.24, 2.45) is 0 Å². The van der Waals surface area contributed by atoms with Crippen molar-refractivity contribution in [3.8, 4) is 0 Å². The molecule has 0 aliphatic carbocycles. The van der Waals surface area contributed by atoms with E-state index in [0.29, 0.717) is 25.9 Å². The van der Waals surface area contributed by atoms with Crippen LogP contribution >= 0.6 is 0 Å². The van der Waals surface area contributed by atoms with E-state index in [9.17, 15) is 9.59 Å². The summed E-state index contributed by atoms with van der Waals surface area (Å²) in [7, 11) is 1.37. The minimum Gasteiger partial charge on any atom is -0.467 e. The molecule has 1 fully saturated rings. The van der Waals surface area contributed by atoms with Crippen molar-refractivity contribution in [3.63, 3.8) is 0 Å². The second-order valence-corrected chi connectivity index (χ2v) is 8.03. The molecule has 0 aromatic heterocycles. The summed E-state index contributed by atoms with van der Waals surface area (Å²) in [6.07, 6.45) is 3.05. The van der Waals surface area contributed by atoms with E-state index < -0.39 is 11.5 Å². The van der Waals surface area contributed by atoms with Gasteiger partial charge in [0, 0.05) is 20.0 Å². The van der Waals surface area contributed by atoms with Gasteiger partial charge in [-0.05, 0) is 43.4 Å². The molecular formula is C25H32N2O4. The maximum atomic E-state index is 12.8. The highest BCUT2D eigenvalue weighted by Gasteiger charge is 2.50. The monoisotopic (exact) mass is 424 g/mol. The molecule has 1 saturated heterocycles. The van der Waals surface area contributed by atoms with Gasteiger partial charge in [-0.3, -0.25) is 9.63 Å². The summed E-state index contributed by atoms with van der Waals surface area (Å²) in [6, 6.07) is 20.1. The number of benzene rings is 2. The molecule has 1 amide bonds. The van der Waals surface area contributed by atoms with Gasteiger partial charge in [-0.15, -0.1) is 0 Å². The number of piperidine rings is 1. The van der Waals surface area contributed by atoms with Crippen LogP contribution in [0.1, 0.15) is 37.3 Å². The Labute approximate surface area is 184 Å². The van der Waals surface area contributed by atoms with Gasteiger partial charge in [-0.1, -0.05) is 60.7 Å². The van der Waals surface area contributed by atoms with Crippen LogP contribution in [0.15, 0.2) is 60.7 Å². The molecule has 6 heteroatoms. The molecule has 6 nitrogen and oxygen atoms in total. The molecule has 0 saturated carbocycles. The standard InChI is InChI=1S/C25H32N2O4/c1-21(28)27(31-20-23-12-7-4-8-13-23)25(24(29)30-2)15-18-26(19-16-25)17-9-14-22-10-5-3-6-11-22/h3-8,10-13H,9,14-20H2,1-2H3. The zero-order chi connectivity index (χ0) is 22.1. The van der Waals surface area contributed by atoms with E-state index in [1.165, 1.54) is 24.7 Å². The van der Waals surface area contributed by atoms with Crippen molar-refractivity contribution in [2.75, 3.05) is 26.7 Å². The Balaban J connectivity index is 1.62. The number of carbonyl (C=O) groups is 2. The van der Waals surface area contributed by atoms with Crippen molar-refractivity contribution in [3.05, 3.63) is 71.8 Å². The molecule has 0 atom stereocenters. The highest BCUT2D eigenvalue weighted by atomic mass is 16.7. The molecule has 0 radical (unpaired) electrons. The molecule has 0 bridgehead atoms. The zero-order valence-corrected chi connectivity index (χ0v) is 18.5. The fraction of sp³-hybridized carbons (Fsp3) is 0.440. The molecule has 3 rings (SSSR count). The summed E-state index contributed by atoms with van der Waals surface area (Å²) >= 11 is 0. The van der Waals surface area contributed by atoms with Crippen molar-refractivity contribution in [1.29, 1.82) is 0 Å². The first-order valence-electron chi connectivity index (χ1n) is 10.9. The Morgan fingerprint density at radius 2 is 1.55 bits per heavy atom. The maximum Gasteiger partial charge on any atom is 0.334 e. The minimum absolute atomic E-state index is 0.222. The Morgan fingerprint density at radius 3 is 2.10 bits per heavy atom. The van der Waals surface area contributed by atoms with Gasteiger partial charge < -0.3 is 9.64 Å². The Morgan fingerprint density at radius 1 is 0.968 bits per heavy atom. The summed E-state index contributed by atoms with van der Waals surface area (Å²) in [4.78, 5) is 33.6. The van der Waals surface area contributed by atoms with Crippen LogP contribution in [0, 0.1) is 0 Å². The Bertz CT molecular complexity index is 833. The first kappa shape index (κ1) is 23.0. The van der Waals surface area contributed by atoms with Gasteiger partial charge in [0.1, 0.15) is 6.61 Å². The fourth-order valence-corrected chi connectivity index (χ4v) is 4.21. The number of ether oxygens (including phenoxy) is 1. The molecular weight excluding hydrogens is 392 g/mol. The van der Waals surface area contributed by atoms with Gasteiger partial charge in [-0.2, -0.15) is 0 Å². The lowest BCUT2D eigenvalue weighted by Crippen LogP contribution is -2.61. The Kier molecular flexibility index (Phi) is 8.20. The van der Waals surface area contributed by atoms with Crippen LogP contribution in [-0.2, 0) is 32.2 Å². The van der Waals surface area contributed by atoms with Crippen LogP contribution in [0.5, 0.6) is 0 Å². The van der Waals surface area contributed by atoms with Crippen molar-refractivity contribution >= 4 is 11.9 Å². The quantitative estimate of drug-likeness (QED) is 0.455. The van der Waals surface area contributed by atoms with Crippen LogP contribution in [0.4, 0.5) is 0 Å². The van der Waals surface area contributed by atoms with E-state index in [-0.39, 0.29) is 12.5 Å². The average Bonchev–Trinajstić information content (AvgIpc) is 2.81. The van der Waals surface area contributed by atoms with E-state index in [1.54, 1.807) is 0 Å². The number of nitrogens with zero attached hydrogens (tertiary/aromatic N) is 2. The molecule has 2 aromatic rings. The first-order valence-corrected chi connectivity index (χ1v) is 10.9. The van der Waals surface area contributed by atoms with E-state index in [0.717, 1.165) is 24.9 Å². The summed E-state index contributed by atoms with van der Waals surface area (Å²) in [5.41, 5.74) is 1.18. The molecule has 166 valence electrons. The number of hydrogen-bond donors (Lipinski definition) is 0. The lowest BCUT2D eigenvalue weighted by atomic mass is 9.86. The third kappa shape index (κ3) is 5.93. The third-order valence-corrected chi connectivity index (χ3v) is 5.91. The molecule has 0 spiro atoms. The Hall–Kier alpha value is -2.70. The van der Waals surface area contributed by atoms with Crippen LogP contribution < -0.4 is 0 Å². The van der Waals surface area contributed by atoms with E-state index in [1.807, 2.05) is 36.4 Å². The second kappa shape index (κ2) is 11.1. The number of aryl methyl sites for hydroxylation is 1. The summed E-state index contributed by atoms with van der Waals surface area (Å²) in [5.74, 6) is -0.710. The lowest BCUT2D eigenvalue weighted by Gasteiger charge is -2.45. The summed E-state index contributed by atoms with van der Waals surface area (Å²) in [6.45, 7) is 4.03. The lowest BCUT2D eigenvalue weighted by molar-refractivity contribution is -0.240. The highest BCUT2D eigenvalue weighted by molar-refractivity contribution is 5.86. The van der Waals surface area contributed by atoms with E-state index in [2.05, 4.69) is 29.2 Å². The first-order chi connectivity index (χ1) is 15.0. The van der Waals surface area contributed by atoms with Gasteiger partial charge in [-0.25, -0.2) is 9.86 Å². The van der Waals surface area contributed by atoms with Crippen LogP contribution in [-0.4, -0.2) is 54.1 Å². The number of hydroxylamine groups is 2. The molecule has 1 heterocycles. The molecule has 1 aliphatic rings. The van der Waals surface area contributed by atoms with Gasteiger partial charge in [0.25, 0.3) is 0 Å². The van der Waals surface area contributed by atoms with Gasteiger partial charge in [0.05, 0.1) is 7.11 Å². The summed E-state index contributed by atoms with van der Waals surface area (Å²) in [5, 5.41) is 1.26. The number of rotatable bonds is 9. The zero-order valence-electron chi connectivity index (χ0n) is 18.5. The van der Waals surface area contributed by atoms with Gasteiger partial charge >= 0.3 is 5.97 Å². The van der Waals surface area contributed by atoms with Crippen molar-refractivity contribution in [2.45, 2.75) is 44.8 Å². The number of hydrogen-bond acceptors (Lipinski definition) is 5. The number of carbonyl (C=O) groups excluding carboxylic acids is 2. The van der Waals surface area contributed by atoms with Gasteiger partial charge in [0.2, 0.25) is 5.91 Å². The normalized spacial score (nSPS) is 15.9. The maximum absolute atomic E-state index is 12.8.